The van der Waals surface area contributed by atoms with Crippen LogP contribution in [0.3, 0.4) is 0 Å². The summed E-state index contributed by atoms with van der Waals surface area (Å²) in [5.74, 6) is 0.330. The van der Waals surface area contributed by atoms with E-state index in [1.807, 2.05) is 27.7 Å². The monoisotopic (exact) mass is 375 g/mol. The van der Waals surface area contributed by atoms with Crippen molar-refractivity contribution >= 4 is 35.2 Å². The van der Waals surface area contributed by atoms with E-state index in [1.165, 1.54) is 0 Å². The minimum absolute atomic E-state index is 0.0480. The number of carbonyl (C=O) groups excluding carboxylic acids is 3. The van der Waals surface area contributed by atoms with E-state index in [9.17, 15) is 14.4 Å². The summed E-state index contributed by atoms with van der Waals surface area (Å²) in [6.45, 7) is 7.80. The van der Waals surface area contributed by atoms with Gasteiger partial charge in [-0.05, 0) is 58.4 Å². The third kappa shape index (κ3) is 3.72. The van der Waals surface area contributed by atoms with Gasteiger partial charge in [0.15, 0.2) is 0 Å². The maximum atomic E-state index is 12.7. The van der Waals surface area contributed by atoms with Gasteiger partial charge in [-0.1, -0.05) is 0 Å². The van der Waals surface area contributed by atoms with Crippen LogP contribution in [0.5, 0.6) is 0 Å². The van der Waals surface area contributed by atoms with Crippen LogP contribution in [0.4, 0.5) is 5.69 Å². The Morgan fingerprint density at radius 2 is 1.88 bits per heavy atom. The molecular formula is C19H25N3O3S. The second-order valence-corrected chi connectivity index (χ2v) is 9.54. The quantitative estimate of drug-likeness (QED) is 0.851. The van der Waals surface area contributed by atoms with Crippen molar-refractivity contribution in [1.82, 2.24) is 10.2 Å². The van der Waals surface area contributed by atoms with Crippen LogP contribution in [-0.2, 0) is 9.59 Å². The first-order chi connectivity index (χ1) is 12.1. The number of nitrogens with one attached hydrogen (secondary N) is 2. The Kier molecular flexibility index (Phi) is 4.77. The number of amides is 3. The van der Waals surface area contributed by atoms with E-state index in [1.54, 1.807) is 40.9 Å². The number of anilines is 1. The standard InChI is InChI=1S/C19H25N3O3S/c1-18(2,3)21-16(24)12-5-7-13(8-6-12)20-17(25)14-11-26-19(4)10-9-15(23)22(14)19/h5-8,14H,9-11H2,1-4H3,(H,20,25)(H,21,24)/t14-,19-/m1/s1. The van der Waals surface area contributed by atoms with Crippen molar-refractivity contribution in [1.29, 1.82) is 0 Å². The van der Waals surface area contributed by atoms with Crippen molar-refractivity contribution in [2.24, 2.45) is 0 Å². The number of rotatable bonds is 3. The molecule has 2 heterocycles. The van der Waals surface area contributed by atoms with Crippen molar-refractivity contribution in [3.8, 4) is 0 Å². The van der Waals surface area contributed by atoms with E-state index in [4.69, 9.17) is 0 Å². The van der Waals surface area contributed by atoms with Gasteiger partial charge in [0, 0.05) is 29.0 Å². The van der Waals surface area contributed by atoms with Crippen molar-refractivity contribution in [2.75, 3.05) is 11.1 Å². The molecule has 0 spiro atoms. The zero-order valence-corrected chi connectivity index (χ0v) is 16.4. The van der Waals surface area contributed by atoms with E-state index < -0.39 is 6.04 Å². The number of hydrogen-bond donors (Lipinski definition) is 2. The van der Waals surface area contributed by atoms with Gasteiger partial charge in [0.25, 0.3) is 5.91 Å². The van der Waals surface area contributed by atoms with Crippen LogP contribution in [0.25, 0.3) is 0 Å². The highest BCUT2D eigenvalue weighted by molar-refractivity contribution is 8.01. The number of carbonyl (C=O) groups is 3. The van der Waals surface area contributed by atoms with E-state index in [-0.39, 0.29) is 28.1 Å². The number of benzene rings is 1. The summed E-state index contributed by atoms with van der Waals surface area (Å²) >= 11 is 1.67. The summed E-state index contributed by atoms with van der Waals surface area (Å²) in [5, 5.41) is 5.77. The highest BCUT2D eigenvalue weighted by Crippen LogP contribution is 2.47. The zero-order chi connectivity index (χ0) is 19.1. The number of fused-ring (bicyclic) bond motifs is 1. The molecule has 0 saturated carbocycles. The summed E-state index contributed by atoms with van der Waals surface area (Å²) in [4.78, 5) is 38.4. The van der Waals surface area contributed by atoms with Crippen LogP contribution in [0, 0.1) is 0 Å². The van der Waals surface area contributed by atoms with Crippen LogP contribution in [0.2, 0.25) is 0 Å². The lowest BCUT2D eigenvalue weighted by Gasteiger charge is -2.29. The fraction of sp³-hybridized carbons (Fsp3) is 0.526. The Morgan fingerprint density at radius 3 is 2.50 bits per heavy atom. The molecule has 2 saturated heterocycles. The van der Waals surface area contributed by atoms with Crippen LogP contribution < -0.4 is 10.6 Å². The first-order valence-electron chi connectivity index (χ1n) is 8.79. The van der Waals surface area contributed by atoms with E-state index in [2.05, 4.69) is 10.6 Å². The Labute approximate surface area is 158 Å². The first kappa shape index (κ1) is 18.8. The topological polar surface area (TPSA) is 78.5 Å². The third-order valence-electron chi connectivity index (χ3n) is 4.65. The molecule has 1 aromatic rings. The van der Waals surface area contributed by atoms with Crippen LogP contribution in [0.1, 0.15) is 50.9 Å². The largest absolute Gasteiger partial charge is 0.347 e. The Hall–Kier alpha value is -2.02. The lowest BCUT2D eigenvalue weighted by Crippen LogP contribution is -2.48. The average Bonchev–Trinajstić information content (AvgIpc) is 3.03. The second kappa shape index (κ2) is 6.61. The molecule has 140 valence electrons. The first-order valence-corrected chi connectivity index (χ1v) is 9.77. The molecule has 26 heavy (non-hydrogen) atoms. The van der Waals surface area contributed by atoms with Crippen LogP contribution in [0.15, 0.2) is 24.3 Å². The van der Waals surface area contributed by atoms with Gasteiger partial charge in [-0.2, -0.15) is 0 Å². The molecule has 0 bridgehead atoms. The molecule has 2 N–H and O–H groups in total. The van der Waals surface area contributed by atoms with Gasteiger partial charge in [0.1, 0.15) is 6.04 Å². The molecule has 0 aromatic heterocycles. The van der Waals surface area contributed by atoms with Gasteiger partial charge in [-0.25, -0.2) is 0 Å². The van der Waals surface area contributed by atoms with Gasteiger partial charge in [0.2, 0.25) is 11.8 Å². The van der Waals surface area contributed by atoms with Gasteiger partial charge in [-0.15, -0.1) is 11.8 Å². The number of nitrogens with zero attached hydrogens (tertiary/aromatic N) is 1. The van der Waals surface area contributed by atoms with Crippen LogP contribution >= 0.6 is 11.8 Å². The van der Waals surface area contributed by atoms with Crippen molar-refractivity contribution < 1.29 is 14.4 Å². The summed E-state index contributed by atoms with van der Waals surface area (Å²) in [7, 11) is 0. The Morgan fingerprint density at radius 1 is 1.23 bits per heavy atom. The third-order valence-corrected chi connectivity index (χ3v) is 6.16. The van der Waals surface area contributed by atoms with E-state index >= 15 is 0 Å². The zero-order valence-electron chi connectivity index (χ0n) is 15.6. The Bertz CT molecular complexity index is 741. The highest BCUT2D eigenvalue weighted by Gasteiger charge is 2.52. The van der Waals surface area contributed by atoms with Crippen molar-refractivity contribution in [3.63, 3.8) is 0 Å². The van der Waals surface area contributed by atoms with Crippen molar-refractivity contribution in [2.45, 2.75) is 57.0 Å². The summed E-state index contributed by atoms with van der Waals surface area (Å²) in [6, 6.07) is 6.35. The molecule has 0 aliphatic carbocycles. The summed E-state index contributed by atoms with van der Waals surface area (Å²) in [6.07, 6.45) is 1.29. The number of thioether (sulfide) groups is 1. The van der Waals surface area contributed by atoms with Crippen molar-refractivity contribution in [3.05, 3.63) is 29.8 Å². The summed E-state index contributed by atoms with van der Waals surface area (Å²) < 4.78 is 0. The molecule has 2 aliphatic rings. The molecular weight excluding hydrogens is 350 g/mol. The van der Waals surface area contributed by atoms with Gasteiger partial charge in [0.05, 0.1) is 4.87 Å². The molecule has 3 rings (SSSR count). The lowest BCUT2D eigenvalue weighted by atomic mass is 10.1. The Balaban J connectivity index is 1.65. The molecule has 7 heteroatoms. The minimum Gasteiger partial charge on any atom is -0.347 e. The second-order valence-electron chi connectivity index (χ2n) is 8.04. The fourth-order valence-electron chi connectivity index (χ4n) is 3.36. The minimum atomic E-state index is -0.441. The molecule has 2 fully saturated rings. The molecule has 0 unspecified atom stereocenters. The fourth-order valence-corrected chi connectivity index (χ4v) is 4.79. The molecule has 2 atom stereocenters. The molecule has 0 radical (unpaired) electrons. The maximum absolute atomic E-state index is 12.7. The normalized spacial score (nSPS) is 25.2. The molecule has 6 nitrogen and oxygen atoms in total. The van der Waals surface area contributed by atoms with E-state index in [0.717, 1.165) is 6.42 Å². The maximum Gasteiger partial charge on any atom is 0.251 e. The van der Waals surface area contributed by atoms with Gasteiger partial charge < -0.3 is 15.5 Å². The predicted molar refractivity (Wildman–Crippen MR) is 103 cm³/mol. The van der Waals surface area contributed by atoms with Crippen LogP contribution in [-0.4, -0.2) is 44.8 Å². The van der Waals surface area contributed by atoms with Gasteiger partial charge >= 0.3 is 0 Å². The SMILES string of the molecule is CC(C)(C)NC(=O)c1ccc(NC(=O)[C@H]2CS[C@]3(C)CCC(=O)N23)cc1. The smallest absolute Gasteiger partial charge is 0.251 e. The lowest BCUT2D eigenvalue weighted by molar-refractivity contribution is -0.135. The molecule has 3 amide bonds. The molecule has 2 aliphatic heterocycles. The highest BCUT2D eigenvalue weighted by atomic mass is 32.2. The summed E-state index contributed by atoms with van der Waals surface area (Å²) in [5.41, 5.74) is 0.850. The number of hydrogen-bond acceptors (Lipinski definition) is 4. The average molecular weight is 375 g/mol. The molecule has 1 aromatic carbocycles. The van der Waals surface area contributed by atoms with E-state index in [0.29, 0.717) is 23.4 Å². The van der Waals surface area contributed by atoms with Gasteiger partial charge in [-0.3, -0.25) is 14.4 Å². The predicted octanol–water partition coefficient (Wildman–Crippen LogP) is 2.61.